The summed E-state index contributed by atoms with van der Waals surface area (Å²) < 4.78 is 53.9. The van der Waals surface area contributed by atoms with E-state index in [1.165, 1.54) is 5.69 Å². The minimum absolute atomic E-state index is 0.0725. The monoisotopic (exact) mass is 580 g/mol. The Balaban J connectivity index is 1.10. The maximum atomic E-state index is 13.5. The lowest BCUT2D eigenvalue weighted by Gasteiger charge is -2.47. The molecule has 3 aromatic rings. The van der Waals surface area contributed by atoms with Crippen LogP contribution < -0.4 is 10.2 Å². The molecule has 2 saturated heterocycles. The number of carbonyl (C=O) groups excluding carboxylic acids is 2. The molecular formula is C32H32F4N4O2. The van der Waals surface area contributed by atoms with Crippen LogP contribution >= 0.6 is 0 Å². The molecule has 2 aliphatic heterocycles. The summed E-state index contributed by atoms with van der Waals surface area (Å²) in [6.07, 6.45) is 3.96. The molecular weight excluding hydrogens is 548 g/mol. The zero-order valence-corrected chi connectivity index (χ0v) is 23.1. The molecule has 1 unspecified atom stereocenters. The van der Waals surface area contributed by atoms with E-state index >= 15 is 0 Å². The molecule has 1 aromatic heterocycles. The van der Waals surface area contributed by atoms with Crippen LogP contribution in [-0.4, -0.2) is 47.9 Å². The van der Waals surface area contributed by atoms with Gasteiger partial charge in [0.05, 0.1) is 17.2 Å². The topological polar surface area (TPSA) is 65.5 Å². The molecule has 2 amide bonds. The van der Waals surface area contributed by atoms with Gasteiger partial charge in [0.2, 0.25) is 0 Å². The molecule has 2 fully saturated rings. The normalized spacial score (nSPS) is 20.0. The van der Waals surface area contributed by atoms with Crippen molar-refractivity contribution >= 4 is 17.5 Å². The van der Waals surface area contributed by atoms with Crippen LogP contribution in [0.2, 0.25) is 0 Å². The second-order valence-corrected chi connectivity index (χ2v) is 11.7. The van der Waals surface area contributed by atoms with Crippen molar-refractivity contribution in [2.75, 3.05) is 31.1 Å². The number of anilines is 1. The highest BCUT2D eigenvalue weighted by atomic mass is 19.4. The fourth-order valence-electron chi connectivity index (χ4n) is 6.73. The van der Waals surface area contributed by atoms with E-state index < -0.39 is 35.1 Å². The van der Waals surface area contributed by atoms with Crippen LogP contribution in [0.4, 0.5) is 23.2 Å². The second kappa shape index (κ2) is 11.0. The van der Waals surface area contributed by atoms with E-state index in [0.29, 0.717) is 37.6 Å². The number of carbonyl (C=O) groups is 2. The smallest absolute Gasteiger partial charge is 0.371 e. The highest BCUT2D eigenvalue weighted by molar-refractivity contribution is 5.97. The molecule has 0 saturated carbocycles. The van der Waals surface area contributed by atoms with E-state index in [1.54, 1.807) is 12.1 Å². The lowest BCUT2D eigenvalue weighted by molar-refractivity contribution is -0.138. The zero-order valence-electron chi connectivity index (χ0n) is 23.1. The molecule has 6 rings (SSSR count). The van der Waals surface area contributed by atoms with Crippen molar-refractivity contribution in [3.05, 3.63) is 94.6 Å². The van der Waals surface area contributed by atoms with Gasteiger partial charge in [0.15, 0.2) is 0 Å². The molecule has 42 heavy (non-hydrogen) atoms. The Morgan fingerprint density at radius 2 is 1.60 bits per heavy atom. The molecule has 220 valence electrons. The summed E-state index contributed by atoms with van der Waals surface area (Å²) >= 11 is 0. The highest BCUT2D eigenvalue weighted by Gasteiger charge is 2.39. The Labute approximate surface area is 241 Å². The van der Waals surface area contributed by atoms with E-state index in [4.69, 9.17) is 0 Å². The third-order valence-electron chi connectivity index (χ3n) is 9.27. The van der Waals surface area contributed by atoms with Crippen LogP contribution in [0, 0.1) is 11.2 Å². The van der Waals surface area contributed by atoms with Gasteiger partial charge in [-0.15, -0.1) is 0 Å². The Hall–Kier alpha value is -3.95. The average Bonchev–Trinajstić information content (AvgIpc) is 3.39. The lowest BCUT2D eigenvalue weighted by Crippen LogP contribution is -2.48. The van der Waals surface area contributed by atoms with Gasteiger partial charge >= 0.3 is 6.18 Å². The van der Waals surface area contributed by atoms with E-state index in [9.17, 15) is 27.2 Å². The van der Waals surface area contributed by atoms with Gasteiger partial charge in [0, 0.05) is 49.8 Å². The number of amides is 2. The number of likely N-dealkylation sites (tertiary alicyclic amines) is 1. The van der Waals surface area contributed by atoms with Gasteiger partial charge in [-0.2, -0.15) is 13.2 Å². The van der Waals surface area contributed by atoms with Gasteiger partial charge in [-0.3, -0.25) is 14.6 Å². The molecule has 6 nitrogen and oxygen atoms in total. The number of aryl methyl sites for hydroxylation is 1. The van der Waals surface area contributed by atoms with Crippen LogP contribution in [0.3, 0.4) is 0 Å². The van der Waals surface area contributed by atoms with Crippen molar-refractivity contribution in [3.8, 4) is 0 Å². The van der Waals surface area contributed by atoms with Crippen molar-refractivity contribution in [2.24, 2.45) is 5.41 Å². The number of aromatic nitrogens is 1. The first-order chi connectivity index (χ1) is 20.1. The van der Waals surface area contributed by atoms with Gasteiger partial charge in [-0.25, -0.2) is 4.39 Å². The molecule has 1 aliphatic carbocycles. The van der Waals surface area contributed by atoms with Gasteiger partial charge in [-0.1, -0.05) is 6.07 Å². The predicted molar refractivity (Wildman–Crippen MR) is 150 cm³/mol. The maximum absolute atomic E-state index is 13.5. The minimum Gasteiger partial charge on any atom is -0.371 e. The zero-order chi connectivity index (χ0) is 29.5. The Morgan fingerprint density at radius 3 is 2.29 bits per heavy atom. The number of nitrogens with zero attached hydrogens (tertiary/aromatic N) is 3. The number of benzene rings is 2. The average molecular weight is 581 g/mol. The van der Waals surface area contributed by atoms with E-state index in [1.807, 2.05) is 35.5 Å². The van der Waals surface area contributed by atoms with E-state index in [-0.39, 0.29) is 11.3 Å². The molecule has 1 spiro atoms. The Morgan fingerprint density at radius 1 is 0.905 bits per heavy atom. The largest absolute Gasteiger partial charge is 0.417 e. The molecule has 2 aromatic carbocycles. The van der Waals surface area contributed by atoms with Gasteiger partial charge in [0.25, 0.3) is 11.8 Å². The highest BCUT2D eigenvalue weighted by Crippen LogP contribution is 2.42. The van der Waals surface area contributed by atoms with Crippen molar-refractivity contribution in [3.63, 3.8) is 0 Å². The predicted octanol–water partition coefficient (Wildman–Crippen LogP) is 6.18. The van der Waals surface area contributed by atoms with E-state index in [2.05, 4.69) is 15.2 Å². The quantitative estimate of drug-likeness (QED) is 0.375. The third kappa shape index (κ3) is 5.58. The van der Waals surface area contributed by atoms with E-state index in [0.717, 1.165) is 62.0 Å². The third-order valence-corrected chi connectivity index (χ3v) is 9.27. The van der Waals surface area contributed by atoms with Gasteiger partial charge < -0.3 is 15.1 Å². The van der Waals surface area contributed by atoms with Gasteiger partial charge in [0.1, 0.15) is 5.82 Å². The molecule has 1 N–H and O–H groups in total. The molecule has 3 aliphatic rings. The number of piperidine rings is 2. The van der Waals surface area contributed by atoms with Crippen LogP contribution in [0.15, 0.2) is 60.9 Å². The number of hydrogen-bond donors (Lipinski definition) is 1. The fraction of sp³-hybridized carbons (Fsp3) is 0.406. The van der Waals surface area contributed by atoms with Crippen LogP contribution in [-0.2, 0) is 12.6 Å². The van der Waals surface area contributed by atoms with Gasteiger partial charge in [-0.05, 0) is 97.5 Å². The number of nitrogens with one attached hydrogen (secondary N) is 1. The Kier molecular flexibility index (Phi) is 7.41. The number of alkyl halides is 3. The minimum atomic E-state index is -4.87. The molecule has 0 bridgehead atoms. The maximum Gasteiger partial charge on any atom is 0.417 e. The SMILES string of the molecule is O=C(NC1CCc2ccc(C(=O)N3CCC4(CC3)CCN(c3ccncc3)CC4)cc21)c1ccc(F)cc1C(F)(F)F. The summed E-state index contributed by atoms with van der Waals surface area (Å²) in [6, 6.07) is 11.0. The fourth-order valence-corrected chi connectivity index (χ4v) is 6.73. The van der Waals surface area contributed by atoms with Crippen molar-refractivity contribution in [1.82, 2.24) is 15.2 Å². The summed E-state index contributed by atoms with van der Waals surface area (Å²) in [5, 5.41) is 2.69. The van der Waals surface area contributed by atoms with Crippen molar-refractivity contribution in [1.29, 1.82) is 0 Å². The van der Waals surface area contributed by atoms with Crippen LogP contribution in [0.5, 0.6) is 0 Å². The standard InChI is InChI=1S/C32H32F4N4O2/c33-23-4-5-25(27(20-23)32(34,35)36)29(41)38-28-6-3-21-1-2-22(19-26(21)28)30(42)40-17-11-31(12-18-40)9-15-39(16-10-31)24-7-13-37-14-8-24/h1-2,4-5,7-8,13-14,19-20,28H,3,6,9-12,15-18H2,(H,38,41). The number of halogens is 4. The number of pyridine rings is 1. The molecule has 1 atom stereocenters. The summed E-state index contributed by atoms with van der Waals surface area (Å²) in [7, 11) is 0. The summed E-state index contributed by atoms with van der Waals surface area (Å²) in [5.41, 5.74) is 1.69. The summed E-state index contributed by atoms with van der Waals surface area (Å²) in [4.78, 5) is 34.8. The van der Waals surface area contributed by atoms with Crippen molar-refractivity contribution in [2.45, 2.75) is 50.7 Å². The first-order valence-corrected chi connectivity index (χ1v) is 14.4. The summed E-state index contributed by atoms with van der Waals surface area (Å²) in [5.74, 6) is -2.06. The number of rotatable bonds is 4. The lowest BCUT2D eigenvalue weighted by atomic mass is 9.71. The Bertz CT molecular complexity index is 1480. The van der Waals surface area contributed by atoms with Crippen LogP contribution in [0.1, 0.15) is 75.6 Å². The van der Waals surface area contributed by atoms with Crippen LogP contribution in [0.25, 0.3) is 0 Å². The van der Waals surface area contributed by atoms with Crippen molar-refractivity contribution < 1.29 is 27.2 Å². The first-order valence-electron chi connectivity index (χ1n) is 14.4. The number of fused-ring (bicyclic) bond motifs is 1. The molecule has 10 heteroatoms. The molecule has 0 radical (unpaired) electrons. The number of hydrogen-bond acceptors (Lipinski definition) is 4. The molecule has 3 heterocycles. The second-order valence-electron chi connectivity index (χ2n) is 11.7. The first kappa shape index (κ1) is 28.2. The summed E-state index contributed by atoms with van der Waals surface area (Å²) in [6.45, 7) is 3.32.